The predicted octanol–water partition coefficient (Wildman–Crippen LogP) is 2.49. The van der Waals surface area contributed by atoms with Crippen LogP contribution in [0.4, 0.5) is 0 Å². The summed E-state index contributed by atoms with van der Waals surface area (Å²) >= 11 is 0. The number of carbonyl (C=O) groups excluding carboxylic acids is 1. The van der Waals surface area contributed by atoms with Gasteiger partial charge in [0.05, 0.1) is 0 Å². The second-order valence-corrected chi connectivity index (χ2v) is 3.31. The van der Waals surface area contributed by atoms with Crippen molar-refractivity contribution in [2.24, 2.45) is 5.41 Å². The van der Waals surface area contributed by atoms with Gasteiger partial charge in [0.25, 0.3) is 0 Å². The van der Waals surface area contributed by atoms with E-state index in [1.165, 1.54) is 0 Å². The zero-order chi connectivity index (χ0) is 8.32. The molecule has 1 aliphatic rings. The minimum Gasteiger partial charge on any atom is -0.295 e. The van der Waals surface area contributed by atoms with E-state index in [-0.39, 0.29) is 11.2 Å². The van der Waals surface area contributed by atoms with Gasteiger partial charge in [-0.2, -0.15) is 0 Å². The third-order valence-corrected chi connectivity index (χ3v) is 2.11. The fourth-order valence-electron chi connectivity index (χ4n) is 1.36. The minimum absolute atomic E-state index is 0.128. The number of carbonyl (C=O) groups is 1. The van der Waals surface area contributed by atoms with Gasteiger partial charge in [-0.25, -0.2) is 0 Å². The van der Waals surface area contributed by atoms with Crippen LogP contribution in [0.2, 0.25) is 0 Å². The first-order valence-electron chi connectivity index (χ1n) is 4.02. The van der Waals surface area contributed by atoms with Gasteiger partial charge in [0.1, 0.15) is 0 Å². The molecule has 0 aromatic heterocycles. The molecule has 1 unspecified atom stereocenters. The van der Waals surface area contributed by atoms with Crippen LogP contribution in [0.3, 0.4) is 0 Å². The molecule has 60 valence electrons. The highest BCUT2D eigenvalue weighted by Crippen LogP contribution is 2.30. The first-order valence-corrected chi connectivity index (χ1v) is 4.02. The lowest BCUT2D eigenvalue weighted by Gasteiger charge is -2.24. The molecule has 11 heavy (non-hydrogen) atoms. The Bertz CT molecular complexity index is 213. The van der Waals surface area contributed by atoms with E-state index >= 15 is 0 Å². The molecule has 0 fully saturated rings. The van der Waals surface area contributed by atoms with Crippen molar-refractivity contribution in [3.8, 4) is 0 Å². The van der Waals surface area contributed by atoms with E-state index in [0.29, 0.717) is 6.42 Å². The molecule has 0 aromatic rings. The SMILES string of the molecule is C/C=C\C1(C)C=CC(=O)CC1. The maximum Gasteiger partial charge on any atom is 0.155 e. The Morgan fingerprint density at radius 2 is 2.36 bits per heavy atom. The second kappa shape index (κ2) is 3.04. The van der Waals surface area contributed by atoms with Gasteiger partial charge < -0.3 is 0 Å². The molecule has 0 amide bonds. The summed E-state index contributed by atoms with van der Waals surface area (Å²) in [6.07, 6.45) is 9.53. The molecule has 0 N–H and O–H groups in total. The third kappa shape index (κ3) is 2.04. The quantitative estimate of drug-likeness (QED) is 0.525. The Labute approximate surface area is 67.8 Å². The van der Waals surface area contributed by atoms with Gasteiger partial charge in [-0.15, -0.1) is 0 Å². The monoisotopic (exact) mass is 150 g/mol. The van der Waals surface area contributed by atoms with Crippen molar-refractivity contribution in [2.75, 3.05) is 0 Å². The Morgan fingerprint density at radius 1 is 1.64 bits per heavy atom. The number of hydrogen-bond donors (Lipinski definition) is 0. The summed E-state index contributed by atoms with van der Waals surface area (Å²) in [4.78, 5) is 10.8. The highest BCUT2D eigenvalue weighted by atomic mass is 16.1. The average molecular weight is 150 g/mol. The largest absolute Gasteiger partial charge is 0.295 e. The summed E-state index contributed by atoms with van der Waals surface area (Å²) in [5, 5.41) is 0. The molecule has 0 radical (unpaired) electrons. The third-order valence-electron chi connectivity index (χ3n) is 2.11. The van der Waals surface area contributed by atoms with Crippen molar-refractivity contribution in [3.05, 3.63) is 24.3 Å². The van der Waals surface area contributed by atoms with Crippen molar-refractivity contribution >= 4 is 5.78 Å². The molecular formula is C10H14O. The lowest BCUT2D eigenvalue weighted by Crippen LogP contribution is -2.16. The molecule has 0 aromatic carbocycles. The van der Waals surface area contributed by atoms with E-state index in [4.69, 9.17) is 0 Å². The molecule has 1 nitrogen and oxygen atoms in total. The Hall–Kier alpha value is -0.850. The first-order chi connectivity index (χ1) is 5.16. The Balaban J connectivity index is 2.75. The fraction of sp³-hybridized carbons (Fsp3) is 0.500. The van der Waals surface area contributed by atoms with Crippen molar-refractivity contribution in [1.29, 1.82) is 0 Å². The van der Waals surface area contributed by atoms with Crippen LogP contribution in [0, 0.1) is 5.41 Å². The molecule has 1 heteroatoms. The lowest BCUT2D eigenvalue weighted by atomic mass is 9.80. The maximum atomic E-state index is 10.8. The highest BCUT2D eigenvalue weighted by Gasteiger charge is 2.21. The summed E-state index contributed by atoms with van der Waals surface area (Å²) < 4.78 is 0. The van der Waals surface area contributed by atoms with Gasteiger partial charge in [0, 0.05) is 11.8 Å². The van der Waals surface area contributed by atoms with Gasteiger partial charge in [0.15, 0.2) is 5.78 Å². The smallest absolute Gasteiger partial charge is 0.155 e. The van der Waals surface area contributed by atoms with Gasteiger partial charge in [-0.05, 0) is 19.4 Å². The molecule has 0 aliphatic heterocycles. The number of rotatable bonds is 1. The van der Waals surface area contributed by atoms with Crippen LogP contribution in [0.5, 0.6) is 0 Å². The van der Waals surface area contributed by atoms with Crippen LogP contribution in [0.1, 0.15) is 26.7 Å². The van der Waals surface area contributed by atoms with E-state index in [9.17, 15) is 4.79 Å². The molecule has 1 aliphatic carbocycles. The van der Waals surface area contributed by atoms with Gasteiger partial charge in [0.2, 0.25) is 0 Å². The maximum absolute atomic E-state index is 10.8. The molecular weight excluding hydrogens is 136 g/mol. The van der Waals surface area contributed by atoms with Crippen molar-refractivity contribution in [1.82, 2.24) is 0 Å². The topological polar surface area (TPSA) is 17.1 Å². The Kier molecular flexibility index (Phi) is 2.28. The molecule has 1 atom stereocenters. The highest BCUT2D eigenvalue weighted by molar-refractivity contribution is 5.90. The van der Waals surface area contributed by atoms with E-state index in [1.54, 1.807) is 6.08 Å². The second-order valence-electron chi connectivity index (χ2n) is 3.31. The molecule has 0 spiro atoms. The number of hydrogen-bond acceptors (Lipinski definition) is 1. The zero-order valence-corrected chi connectivity index (χ0v) is 7.13. The van der Waals surface area contributed by atoms with E-state index in [0.717, 1.165) is 6.42 Å². The van der Waals surface area contributed by atoms with Crippen molar-refractivity contribution in [2.45, 2.75) is 26.7 Å². The summed E-state index contributed by atoms with van der Waals surface area (Å²) in [6, 6.07) is 0. The molecule has 0 bridgehead atoms. The minimum atomic E-state index is 0.128. The van der Waals surface area contributed by atoms with Crippen LogP contribution < -0.4 is 0 Å². The normalized spacial score (nSPS) is 31.6. The van der Waals surface area contributed by atoms with Gasteiger partial charge >= 0.3 is 0 Å². The van der Waals surface area contributed by atoms with E-state index < -0.39 is 0 Å². The van der Waals surface area contributed by atoms with Crippen molar-refractivity contribution < 1.29 is 4.79 Å². The van der Waals surface area contributed by atoms with Gasteiger partial charge in [-0.3, -0.25) is 4.79 Å². The average Bonchev–Trinajstić information content (AvgIpc) is 1.97. The summed E-state index contributed by atoms with van der Waals surface area (Å²) in [5.41, 5.74) is 0.128. The molecule has 0 saturated carbocycles. The first kappa shape index (κ1) is 8.25. The zero-order valence-electron chi connectivity index (χ0n) is 7.13. The molecule has 0 heterocycles. The van der Waals surface area contributed by atoms with Crippen LogP contribution in [-0.4, -0.2) is 5.78 Å². The summed E-state index contributed by atoms with van der Waals surface area (Å²) in [5.74, 6) is 0.256. The lowest BCUT2D eigenvalue weighted by molar-refractivity contribution is -0.115. The van der Waals surface area contributed by atoms with Crippen molar-refractivity contribution in [3.63, 3.8) is 0 Å². The molecule has 0 saturated heterocycles. The van der Waals surface area contributed by atoms with Crippen LogP contribution in [-0.2, 0) is 4.79 Å². The number of ketones is 1. The standard InChI is InChI=1S/C10H14O/c1-3-6-10(2)7-4-9(11)5-8-10/h3-4,6-7H,5,8H2,1-2H3/b6-3-. The van der Waals surface area contributed by atoms with Crippen LogP contribution in [0.25, 0.3) is 0 Å². The fourth-order valence-corrected chi connectivity index (χ4v) is 1.36. The van der Waals surface area contributed by atoms with E-state index in [1.807, 2.05) is 19.1 Å². The van der Waals surface area contributed by atoms with Crippen LogP contribution >= 0.6 is 0 Å². The predicted molar refractivity (Wildman–Crippen MR) is 46.3 cm³/mol. The summed E-state index contributed by atoms with van der Waals surface area (Å²) in [7, 11) is 0. The van der Waals surface area contributed by atoms with Crippen LogP contribution in [0.15, 0.2) is 24.3 Å². The van der Waals surface area contributed by atoms with Gasteiger partial charge in [-0.1, -0.05) is 25.2 Å². The van der Waals surface area contributed by atoms with E-state index in [2.05, 4.69) is 13.0 Å². The number of allylic oxidation sites excluding steroid dienone is 4. The summed E-state index contributed by atoms with van der Waals surface area (Å²) in [6.45, 7) is 4.16. The molecule has 1 rings (SSSR count). The Morgan fingerprint density at radius 3 is 2.82 bits per heavy atom.